The second-order valence-corrected chi connectivity index (χ2v) is 25.9. The van der Waals surface area contributed by atoms with E-state index in [1.54, 1.807) is 80.6 Å². The van der Waals surface area contributed by atoms with Gasteiger partial charge in [-0.3, -0.25) is 23.5 Å². The van der Waals surface area contributed by atoms with Crippen LogP contribution < -0.4 is 43.4 Å². The van der Waals surface area contributed by atoms with Crippen LogP contribution in [0, 0.1) is 26.7 Å². The second kappa shape index (κ2) is 66.7. The Labute approximate surface area is 692 Å². The van der Waals surface area contributed by atoms with Crippen molar-refractivity contribution in [3.63, 3.8) is 0 Å². The Bertz CT molecular complexity index is 3740. The first-order chi connectivity index (χ1) is 53.9. The molecule has 0 aromatic heterocycles. The average Bonchev–Trinajstić information content (AvgIpc) is 0.564. The zero-order valence-corrected chi connectivity index (χ0v) is 71.0. The van der Waals surface area contributed by atoms with Gasteiger partial charge in [-0.25, -0.2) is 52.7 Å². The van der Waals surface area contributed by atoms with E-state index in [-0.39, 0.29) is 98.1 Å². The lowest BCUT2D eigenvalue weighted by Crippen LogP contribution is -2.42. The molecule has 5 rings (SSSR count). The van der Waals surface area contributed by atoms with Crippen LogP contribution in [-0.2, 0) is 62.9 Å². The summed E-state index contributed by atoms with van der Waals surface area (Å²) >= 11 is 11.6. The molecular formula is C74H110N8O30S4. The molecule has 0 bridgehead atoms. The number of rotatable bonds is 14. The number of carbonyl (C=O) groups is 14. The van der Waals surface area contributed by atoms with E-state index in [1.165, 1.54) is 111 Å². The molecule has 0 aliphatic carbocycles. The number of hydrogen-bond acceptors (Lipinski definition) is 29. The van der Waals surface area contributed by atoms with Crippen LogP contribution in [0.15, 0.2) is 121 Å². The zero-order valence-electron chi connectivity index (χ0n) is 68.5. The largest absolute Gasteiger partial charge is 0.507 e. The number of phenols is 3. The molecule has 0 aliphatic heterocycles. The minimum atomic E-state index is -4.67. The molecule has 0 saturated heterocycles. The molecule has 19 N–H and O–H groups in total. The van der Waals surface area contributed by atoms with E-state index < -0.39 is 82.2 Å². The maximum atomic E-state index is 11.8. The number of nitrogens with two attached hydrogens (primary N) is 2. The van der Waals surface area contributed by atoms with E-state index in [4.69, 9.17) is 68.5 Å². The molecule has 0 aliphatic rings. The van der Waals surface area contributed by atoms with Crippen molar-refractivity contribution in [2.75, 3.05) is 52.5 Å². The first-order valence-corrected chi connectivity index (χ1v) is 36.2. The predicted octanol–water partition coefficient (Wildman–Crippen LogP) is 7.17. The number of para-hydroxylation sites is 3. The lowest BCUT2D eigenvalue weighted by molar-refractivity contribution is -0.142. The predicted molar refractivity (Wildman–Crippen MR) is 441 cm³/mol. The summed E-state index contributed by atoms with van der Waals surface area (Å²) in [6.07, 6.45) is 4.60. The van der Waals surface area contributed by atoms with E-state index in [0.717, 1.165) is 5.56 Å². The fourth-order valence-electron chi connectivity index (χ4n) is 6.27. The van der Waals surface area contributed by atoms with Gasteiger partial charge in [-0.2, -0.15) is 46.3 Å². The van der Waals surface area contributed by atoms with E-state index in [1.807, 2.05) is 68.4 Å². The number of benzene rings is 5. The van der Waals surface area contributed by atoms with Gasteiger partial charge < -0.3 is 103 Å². The summed E-state index contributed by atoms with van der Waals surface area (Å²) in [4.78, 5) is 151. The number of phenolic OH excluding ortho intramolecular Hbond substituents is 1. The number of esters is 4. The molecule has 3 atom stereocenters. The first kappa shape index (κ1) is 118. The van der Waals surface area contributed by atoms with Gasteiger partial charge >= 0.3 is 76.4 Å². The summed E-state index contributed by atoms with van der Waals surface area (Å²) in [7, 11) is 2.94. The van der Waals surface area contributed by atoms with Crippen molar-refractivity contribution in [3.05, 3.63) is 160 Å². The van der Waals surface area contributed by atoms with Crippen LogP contribution in [0.1, 0.15) is 147 Å². The van der Waals surface area contributed by atoms with Crippen LogP contribution >= 0.6 is 37.9 Å². The van der Waals surface area contributed by atoms with Crippen LogP contribution in [0.3, 0.4) is 0 Å². The summed E-state index contributed by atoms with van der Waals surface area (Å²) in [5.74, 6) is -9.35. The van der Waals surface area contributed by atoms with Crippen LogP contribution in [0.2, 0.25) is 0 Å². The number of carbonyl (C=O) groups excluding carboxylic acids is 10. The van der Waals surface area contributed by atoms with Gasteiger partial charge in [-0.05, 0) is 150 Å². The molecule has 0 fully saturated rings. The number of hydrogen-bond donors (Lipinski definition) is 20. The number of nitrogens with one attached hydrogen (secondary N) is 6. The lowest BCUT2D eigenvalue weighted by atomic mass is 10.1. The molecule has 650 valence electrons. The van der Waals surface area contributed by atoms with E-state index in [2.05, 4.69) is 92.4 Å². The number of aromatic hydroxyl groups is 3. The smallest absolute Gasteiger partial charge is 0.407 e. The third kappa shape index (κ3) is 70.2. The Morgan fingerprint density at radius 1 is 0.422 bits per heavy atom. The number of ether oxygens (including phenoxy) is 5. The van der Waals surface area contributed by atoms with E-state index >= 15 is 0 Å². The van der Waals surface area contributed by atoms with E-state index in [0.29, 0.717) is 16.7 Å². The van der Waals surface area contributed by atoms with Gasteiger partial charge in [0.2, 0.25) is 17.7 Å². The minimum Gasteiger partial charge on any atom is -0.507 e. The number of carboxylic acids is 4. The average molecular weight is 1720 g/mol. The summed E-state index contributed by atoms with van der Waals surface area (Å²) in [6.45, 7) is 23.7. The molecule has 42 heteroatoms. The summed E-state index contributed by atoms with van der Waals surface area (Å²) in [5, 5.41) is 74.9. The number of aryl methyl sites for hydroxylation is 2. The van der Waals surface area contributed by atoms with Gasteiger partial charge in [-0.15, -0.1) is 12.8 Å². The normalized spacial score (nSPS) is 10.4. The van der Waals surface area contributed by atoms with Crippen molar-refractivity contribution in [1.29, 1.82) is 0 Å². The molecule has 5 aromatic carbocycles. The Kier molecular flexibility index (Phi) is 67.6. The number of aromatic carboxylic acids is 3. The summed E-state index contributed by atoms with van der Waals surface area (Å²) in [5.41, 5.74) is 9.78. The standard InChI is InChI=1S/C13H15NO4S.C12H13NO5S.C8H8O2.2C7H6O3.3C6H13NO2.C5H9NO3S.C2H2.2CH5N.H2O4S/c1-8-5-3-4-6-10(8)12(16)18-13(17)11(7-19)14-9(2)15;1-7(14)13-9(6-19)12(17)18-11(16)8-4-2-3-5-10(8)15;1-6-4-2-3-5-7(6)8(9)10;2*8-6-4-2-1-3-5(6)7(9)10;3*1-6(2,3)9-5(8)7-4;1-3(7)6-4(2-10)5(8)9;3*1-2;1-5(2,3)4/h3-6,11,19H,7H2,1-2H3,(H,14,15);2-5,9,15,19H,6H2,1H3,(H,13,14);2-5H,1H3,(H,9,10);2*1-4,8H,(H,9,10);3*1-4H3,(H,7,8);4,10H,2H2,1H3,(H,6,7)(H,8,9);1-2H;2*2H2,1H3;(H2,1,2,3,4)/i;;;;;;;;;1D;;;. The number of thiol groups is 3. The summed E-state index contributed by atoms with van der Waals surface area (Å²) in [6, 6.07) is 28.1. The van der Waals surface area contributed by atoms with Crippen molar-refractivity contribution < 1.29 is 145 Å². The van der Waals surface area contributed by atoms with Crippen molar-refractivity contribution in [1.82, 2.24) is 31.9 Å². The zero-order chi connectivity index (χ0) is 93.3. The van der Waals surface area contributed by atoms with Crippen molar-refractivity contribution in [2.45, 2.75) is 132 Å². The topological polar surface area (TPSA) is 626 Å². The molecule has 0 spiro atoms. The highest BCUT2D eigenvalue weighted by Gasteiger charge is 2.26. The highest BCUT2D eigenvalue weighted by molar-refractivity contribution is 7.80. The van der Waals surface area contributed by atoms with Gasteiger partial charge in [-0.1, -0.05) is 72.8 Å². The third-order valence-corrected chi connectivity index (χ3v) is 12.0. The lowest BCUT2D eigenvalue weighted by Gasteiger charge is -2.18. The molecule has 0 saturated carbocycles. The van der Waals surface area contributed by atoms with Crippen LogP contribution in [0.4, 0.5) is 14.4 Å². The van der Waals surface area contributed by atoms with Crippen molar-refractivity contribution >= 4 is 132 Å². The molecule has 38 nitrogen and oxygen atoms in total. The Morgan fingerprint density at radius 3 is 0.793 bits per heavy atom. The Hall–Kier alpha value is -11.7. The van der Waals surface area contributed by atoms with Gasteiger partial charge in [0.1, 0.15) is 70.2 Å². The van der Waals surface area contributed by atoms with Gasteiger partial charge in [0.25, 0.3) is 0 Å². The number of alkyl carbamates (subject to hydrolysis) is 3. The maximum absolute atomic E-state index is 11.8. The summed E-state index contributed by atoms with van der Waals surface area (Å²) < 4.78 is 61.1. The Morgan fingerprint density at radius 2 is 0.629 bits per heavy atom. The number of aliphatic carboxylic acids is 1. The third-order valence-electron chi connectivity index (χ3n) is 10.9. The maximum Gasteiger partial charge on any atom is 0.407 e. The second-order valence-electron chi connectivity index (χ2n) is 23.9. The number of carboxylic acid groups (broad SMARTS) is 4. The highest BCUT2D eigenvalue weighted by atomic mass is 32.3. The van der Waals surface area contributed by atoms with Crippen LogP contribution in [0.25, 0.3) is 0 Å². The molecular weight excluding hydrogens is 1610 g/mol. The fraction of sp³-hybridized carbons (Fsp3) is 0.378. The SMILES string of the molecule is CC(=O)NC(CS)C(=O)O.CC(=O)NC(CS)C(=O)OC(=O)c1ccccc1C.CC(=O)NC(CS)C(=O)OC(=O)c1ccccc1O.CN.CN.CNC(=O)OC(C)(C)C.CNC(=O)OC(C)(C)C.CNC(=O)OC(C)(C)C.Cc1ccccc1C(=O)O.O=C(O)c1ccccc1O.O=C(O)c1ccccc1O.O=S(=O)(O)O.[2H]C#C. The van der Waals surface area contributed by atoms with Crippen molar-refractivity contribution in [2.24, 2.45) is 11.5 Å². The molecule has 5 aromatic rings. The van der Waals surface area contributed by atoms with Gasteiger partial charge in [0.05, 0.1) is 11.1 Å². The van der Waals surface area contributed by atoms with Gasteiger partial charge in [0.15, 0.2) is 0 Å². The Balaban J connectivity index is -0.000000190. The van der Waals surface area contributed by atoms with E-state index in [9.17, 15) is 72.2 Å². The monoisotopic (exact) mass is 1720 g/mol. The van der Waals surface area contributed by atoms with Crippen LogP contribution in [-0.4, -0.2) is 224 Å². The molecule has 6 amide bonds. The van der Waals surface area contributed by atoms with Crippen LogP contribution in [0.5, 0.6) is 17.2 Å². The highest BCUT2D eigenvalue weighted by Crippen LogP contribution is 2.19. The fourth-order valence-corrected chi connectivity index (χ4v) is 7.00. The van der Waals surface area contributed by atoms with Gasteiger partial charge in [0, 0.05) is 59.2 Å². The molecule has 116 heavy (non-hydrogen) atoms. The first-order valence-electron chi connectivity index (χ1n) is 33.4. The molecule has 0 heterocycles. The minimum absolute atomic E-state index is 0.00748. The molecule has 3 unspecified atom stereocenters. The quantitative estimate of drug-likeness (QED) is 0.0131. The molecule has 0 radical (unpaired) electrons. The number of amides is 6. The van der Waals surface area contributed by atoms with Crippen molar-refractivity contribution in [3.8, 4) is 30.1 Å². The number of terminal acetylenes is 1.